The summed E-state index contributed by atoms with van der Waals surface area (Å²) in [5.41, 5.74) is 3.08. The lowest BCUT2D eigenvalue weighted by Gasteiger charge is -2.05. The number of hydrogen-bond donors (Lipinski definition) is 0. The van der Waals surface area contributed by atoms with Gasteiger partial charge in [-0.1, -0.05) is 24.3 Å². The van der Waals surface area contributed by atoms with Gasteiger partial charge in [0.15, 0.2) is 0 Å². The summed E-state index contributed by atoms with van der Waals surface area (Å²) in [5, 5.41) is 8.16. The average Bonchev–Trinajstić information content (AvgIpc) is 3.18. The number of rotatable bonds is 5. The molecule has 1 unspecified atom stereocenters. The molecule has 2 aromatic heterocycles. The number of halogens is 1. The molecule has 0 saturated heterocycles. The third-order valence-electron chi connectivity index (χ3n) is 3.32. The van der Waals surface area contributed by atoms with Crippen LogP contribution >= 0.6 is 11.6 Å². The van der Waals surface area contributed by atoms with Gasteiger partial charge in [-0.05, 0) is 24.1 Å². The zero-order valence-electron chi connectivity index (χ0n) is 11.7. The van der Waals surface area contributed by atoms with E-state index in [2.05, 4.69) is 39.6 Å². The Hall–Kier alpha value is -2.14. The van der Waals surface area contributed by atoms with Crippen molar-refractivity contribution in [3.63, 3.8) is 0 Å². The summed E-state index contributed by atoms with van der Waals surface area (Å²) >= 11 is 6.16. The second-order valence-corrected chi connectivity index (χ2v) is 5.38. The minimum absolute atomic E-state index is 0.0673. The first kappa shape index (κ1) is 13.8. The average molecular weight is 302 g/mol. The van der Waals surface area contributed by atoms with Gasteiger partial charge in [0, 0.05) is 18.1 Å². The highest BCUT2D eigenvalue weighted by Gasteiger charge is 2.10. The molecule has 108 valence electrons. The van der Waals surface area contributed by atoms with Crippen LogP contribution in [0.3, 0.4) is 0 Å². The van der Waals surface area contributed by atoms with Crippen LogP contribution in [0, 0.1) is 0 Å². The van der Waals surface area contributed by atoms with Crippen molar-refractivity contribution in [2.45, 2.75) is 25.3 Å². The first-order valence-corrected chi connectivity index (χ1v) is 7.31. The van der Waals surface area contributed by atoms with Crippen molar-refractivity contribution in [2.24, 2.45) is 0 Å². The van der Waals surface area contributed by atoms with Crippen LogP contribution in [0.1, 0.15) is 30.0 Å². The molecule has 3 rings (SSSR count). The number of benzene rings is 1. The normalized spacial score (nSPS) is 12.5. The molecule has 0 aliphatic rings. The first-order valence-electron chi connectivity index (χ1n) is 6.87. The van der Waals surface area contributed by atoms with E-state index in [0.29, 0.717) is 6.54 Å². The van der Waals surface area contributed by atoms with Crippen molar-refractivity contribution in [2.75, 3.05) is 0 Å². The van der Waals surface area contributed by atoms with Crippen molar-refractivity contribution in [1.82, 2.24) is 24.5 Å². The smallest absolute Gasteiger partial charge is 0.101 e. The Morgan fingerprint density at radius 1 is 1.24 bits per heavy atom. The molecule has 0 amide bonds. The Morgan fingerprint density at radius 3 is 2.71 bits per heavy atom. The maximum absolute atomic E-state index is 6.16. The minimum atomic E-state index is -0.0673. The molecule has 0 aliphatic heterocycles. The number of alkyl halides is 1. The van der Waals surface area contributed by atoms with Crippen LogP contribution in [0.2, 0.25) is 0 Å². The molecule has 6 heteroatoms. The van der Waals surface area contributed by atoms with Crippen LogP contribution in [-0.2, 0) is 6.54 Å². The third kappa shape index (κ3) is 3.13. The predicted octanol–water partition coefficient (Wildman–Crippen LogP) is 3.20. The van der Waals surface area contributed by atoms with Gasteiger partial charge in [-0.2, -0.15) is 0 Å². The summed E-state index contributed by atoms with van der Waals surface area (Å²) in [6, 6.07) is 8.28. The van der Waals surface area contributed by atoms with E-state index in [1.54, 1.807) is 12.5 Å². The largest absolute Gasteiger partial charge is 0.306 e. The highest BCUT2D eigenvalue weighted by Crippen LogP contribution is 2.21. The monoisotopic (exact) mass is 301 g/mol. The van der Waals surface area contributed by atoms with Gasteiger partial charge in [0.1, 0.15) is 5.69 Å². The second-order valence-electron chi connectivity index (χ2n) is 4.85. The van der Waals surface area contributed by atoms with E-state index in [-0.39, 0.29) is 5.38 Å². The fourth-order valence-corrected chi connectivity index (χ4v) is 2.22. The lowest BCUT2D eigenvalue weighted by Crippen LogP contribution is -2.00. The zero-order chi connectivity index (χ0) is 14.7. The summed E-state index contributed by atoms with van der Waals surface area (Å²) in [6.07, 6.45) is 8.22. The maximum Gasteiger partial charge on any atom is 0.101 e. The van der Waals surface area contributed by atoms with Crippen molar-refractivity contribution in [1.29, 1.82) is 0 Å². The third-order valence-corrected chi connectivity index (χ3v) is 3.85. The van der Waals surface area contributed by atoms with E-state index in [4.69, 9.17) is 11.6 Å². The molecule has 5 nitrogen and oxygen atoms in total. The number of hydrogen-bond acceptors (Lipinski definition) is 3. The van der Waals surface area contributed by atoms with Crippen LogP contribution in [0.4, 0.5) is 0 Å². The number of nitrogens with zero attached hydrogens (tertiary/aromatic N) is 5. The Morgan fingerprint density at radius 2 is 2.05 bits per heavy atom. The van der Waals surface area contributed by atoms with Crippen molar-refractivity contribution >= 4 is 11.6 Å². The summed E-state index contributed by atoms with van der Waals surface area (Å²) in [4.78, 5) is 4.04. The molecule has 3 aromatic rings. The quantitative estimate of drug-likeness (QED) is 0.680. The Labute approximate surface area is 128 Å². The summed E-state index contributed by atoms with van der Waals surface area (Å²) in [6.45, 7) is 2.72. The maximum atomic E-state index is 6.16. The molecule has 0 aliphatic carbocycles. The molecule has 0 spiro atoms. The lowest BCUT2D eigenvalue weighted by molar-refractivity contribution is 0.649. The molecule has 0 saturated carbocycles. The van der Waals surface area contributed by atoms with Gasteiger partial charge in [-0.25, -0.2) is 9.67 Å². The van der Waals surface area contributed by atoms with E-state index in [0.717, 1.165) is 23.4 Å². The molecule has 1 aromatic carbocycles. The van der Waals surface area contributed by atoms with Crippen molar-refractivity contribution in [3.8, 4) is 5.69 Å². The van der Waals surface area contributed by atoms with Gasteiger partial charge in [-0.15, -0.1) is 16.7 Å². The molecule has 1 atom stereocenters. The predicted molar refractivity (Wildman–Crippen MR) is 81.6 cm³/mol. The van der Waals surface area contributed by atoms with Crippen molar-refractivity contribution in [3.05, 3.63) is 60.4 Å². The molecule has 0 fully saturated rings. The molecule has 21 heavy (non-hydrogen) atoms. The summed E-state index contributed by atoms with van der Waals surface area (Å²) < 4.78 is 3.78. The first-order chi connectivity index (χ1) is 10.3. The Balaban J connectivity index is 1.72. The van der Waals surface area contributed by atoms with E-state index in [9.17, 15) is 0 Å². The zero-order valence-corrected chi connectivity index (χ0v) is 12.5. The molecule has 0 bridgehead atoms. The van der Waals surface area contributed by atoms with E-state index in [1.165, 1.54) is 0 Å². The highest BCUT2D eigenvalue weighted by molar-refractivity contribution is 6.20. The highest BCUT2D eigenvalue weighted by atomic mass is 35.5. The topological polar surface area (TPSA) is 48.5 Å². The van der Waals surface area contributed by atoms with E-state index in [1.807, 2.05) is 28.6 Å². The summed E-state index contributed by atoms with van der Waals surface area (Å²) in [5.74, 6) is 0. The van der Waals surface area contributed by atoms with Gasteiger partial charge < -0.3 is 4.57 Å². The molecule has 0 N–H and O–H groups in total. The minimum Gasteiger partial charge on any atom is -0.306 e. The van der Waals surface area contributed by atoms with Crippen LogP contribution in [0.15, 0.2) is 49.2 Å². The van der Waals surface area contributed by atoms with Gasteiger partial charge in [0.05, 0.1) is 24.4 Å². The molecular weight excluding hydrogens is 286 g/mol. The summed E-state index contributed by atoms with van der Waals surface area (Å²) in [7, 11) is 0. The van der Waals surface area contributed by atoms with Gasteiger partial charge in [-0.3, -0.25) is 0 Å². The fourth-order valence-electron chi connectivity index (χ4n) is 2.12. The number of imidazole rings is 1. The SMILES string of the molecule is CCC(Cl)c1cn(Cc2ccc(-n3ccnc3)cc2)nn1. The van der Waals surface area contributed by atoms with Crippen molar-refractivity contribution < 1.29 is 0 Å². The van der Waals surface area contributed by atoms with Gasteiger partial charge >= 0.3 is 0 Å². The van der Waals surface area contributed by atoms with Crippen LogP contribution < -0.4 is 0 Å². The lowest BCUT2D eigenvalue weighted by atomic mass is 10.2. The van der Waals surface area contributed by atoms with E-state index < -0.39 is 0 Å². The van der Waals surface area contributed by atoms with E-state index >= 15 is 0 Å². The Kier molecular flexibility index (Phi) is 4.01. The van der Waals surface area contributed by atoms with Crippen LogP contribution in [0.5, 0.6) is 0 Å². The molecule has 2 heterocycles. The fraction of sp³-hybridized carbons (Fsp3) is 0.267. The van der Waals surface area contributed by atoms with Gasteiger partial charge in [0.25, 0.3) is 0 Å². The Bertz CT molecular complexity index is 687. The standard InChI is InChI=1S/C15H16ClN5/c1-2-14(16)15-10-21(19-18-15)9-12-3-5-13(6-4-12)20-8-7-17-11-20/h3-8,10-11,14H,2,9H2,1H3. The molecule has 0 radical (unpaired) electrons. The van der Waals surface area contributed by atoms with Gasteiger partial charge in [0.2, 0.25) is 0 Å². The number of aromatic nitrogens is 5. The van der Waals surface area contributed by atoms with Crippen LogP contribution in [-0.4, -0.2) is 24.5 Å². The van der Waals surface area contributed by atoms with Crippen LogP contribution in [0.25, 0.3) is 5.69 Å². The second kappa shape index (κ2) is 6.10. The molecular formula is C15H16ClN5.